The van der Waals surface area contributed by atoms with E-state index in [4.69, 9.17) is 12.2 Å². The molecule has 4 nitrogen and oxygen atoms in total. The van der Waals surface area contributed by atoms with Gasteiger partial charge >= 0.3 is 0 Å². The first-order chi connectivity index (χ1) is 14.8. The summed E-state index contributed by atoms with van der Waals surface area (Å²) >= 11 is 5.81. The maximum Gasteiger partial charge on any atom is 0.170 e. The quantitative estimate of drug-likeness (QED) is 0.522. The predicted octanol–water partition coefficient (Wildman–Crippen LogP) is 5.73. The van der Waals surface area contributed by atoms with Gasteiger partial charge in [-0.25, -0.2) is 0 Å². The number of hydrogen-bond donors (Lipinski definition) is 1. The Morgan fingerprint density at radius 1 is 1.06 bits per heavy atom. The van der Waals surface area contributed by atoms with Gasteiger partial charge in [-0.2, -0.15) is 0 Å². The van der Waals surface area contributed by atoms with Gasteiger partial charge in [0.15, 0.2) is 5.11 Å². The number of nitrogens with one attached hydrogen (secondary N) is 1. The number of aromatic nitrogens is 2. The molecule has 2 atom stereocenters. The molecule has 1 aromatic carbocycles. The molecule has 162 valence electrons. The Morgan fingerprint density at radius 2 is 1.84 bits per heavy atom. The summed E-state index contributed by atoms with van der Waals surface area (Å²) in [6, 6.07) is 15.2. The first-order valence-electron chi connectivity index (χ1n) is 11.0. The molecular weight excluding hydrogens is 400 g/mol. The number of nitrogens with zero attached hydrogens (tertiary/aromatic N) is 3. The second-order valence-corrected chi connectivity index (χ2v) is 9.51. The first-order valence-corrected chi connectivity index (χ1v) is 11.4. The third-order valence-electron chi connectivity index (χ3n) is 6.15. The molecule has 1 fully saturated rings. The van der Waals surface area contributed by atoms with Crippen molar-refractivity contribution in [2.45, 2.75) is 53.6 Å². The third kappa shape index (κ3) is 3.99. The van der Waals surface area contributed by atoms with Crippen molar-refractivity contribution >= 4 is 17.3 Å². The highest BCUT2D eigenvalue weighted by atomic mass is 32.1. The van der Waals surface area contributed by atoms with Gasteiger partial charge < -0.3 is 14.8 Å². The molecule has 0 bridgehead atoms. The lowest BCUT2D eigenvalue weighted by Gasteiger charge is -2.29. The van der Waals surface area contributed by atoms with Gasteiger partial charge in [-0.15, -0.1) is 0 Å². The normalized spacial score (nSPS) is 18.7. The predicted molar refractivity (Wildman–Crippen MR) is 132 cm³/mol. The minimum atomic E-state index is 0.0278. The van der Waals surface area contributed by atoms with Crippen LogP contribution in [0.3, 0.4) is 0 Å². The van der Waals surface area contributed by atoms with E-state index in [9.17, 15) is 0 Å². The zero-order valence-electron chi connectivity index (χ0n) is 19.3. The van der Waals surface area contributed by atoms with E-state index < -0.39 is 0 Å². The topological polar surface area (TPSA) is 33.1 Å². The smallest absolute Gasteiger partial charge is 0.170 e. The SMILES string of the molecule is Cc1ccc(C)c(-n2c(C)cc([C@@H]3[C@@H](c4ccccn4)NC(=S)N3CC(C)C)c2C)c1. The number of aryl methyl sites for hydroxylation is 3. The molecule has 5 heteroatoms. The van der Waals surface area contributed by atoms with E-state index in [0.29, 0.717) is 5.92 Å². The Bertz CT molecular complexity index is 1100. The number of rotatable bonds is 5. The summed E-state index contributed by atoms with van der Waals surface area (Å²) in [6.07, 6.45) is 1.86. The van der Waals surface area contributed by atoms with Crippen molar-refractivity contribution in [2.24, 2.45) is 5.92 Å². The van der Waals surface area contributed by atoms with Gasteiger partial charge in [0.25, 0.3) is 0 Å². The fraction of sp³-hybridized carbons (Fsp3) is 0.385. The molecule has 1 aliphatic heterocycles. The zero-order valence-corrected chi connectivity index (χ0v) is 20.1. The summed E-state index contributed by atoms with van der Waals surface area (Å²) in [6.45, 7) is 14.2. The lowest BCUT2D eigenvalue weighted by molar-refractivity contribution is 0.287. The first kappa shape index (κ1) is 21.6. The van der Waals surface area contributed by atoms with Crippen LogP contribution in [0.4, 0.5) is 0 Å². The molecule has 0 aliphatic carbocycles. The average Bonchev–Trinajstić information content (AvgIpc) is 3.20. The van der Waals surface area contributed by atoms with E-state index in [1.54, 1.807) is 0 Å². The molecule has 4 rings (SSSR count). The van der Waals surface area contributed by atoms with Crippen LogP contribution in [0.1, 0.15) is 59.7 Å². The molecule has 1 saturated heterocycles. The minimum Gasteiger partial charge on any atom is -0.352 e. The van der Waals surface area contributed by atoms with Crippen LogP contribution >= 0.6 is 12.2 Å². The molecule has 0 amide bonds. The molecule has 0 spiro atoms. The van der Waals surface area contributed by atoms with Crippen LogP contribution in [-0.4, -0.2) is 26.1 Å². The van der Waals surface area contributed by atoms with Crippen molar-refractivity contribution in [3.63, 3.8) is 0 Å². The fourth-order valence-corrected chi connectivity index (χ4v) is 5.07. The van der Waals surface area contributed by atoms with Crippen LogP contribution < -0.4 is 5.32 Å². The van der Waals surface area contributed by atoms with Gasteiger partial charge in [0.2, 0.25) is 0 Å². The summed E-state index contributed by atoms with van der Waals surface area (Å²) in [5.41, 5.74) is 8.63. The van der Waals surface area contributed by atoms with E-state index in [0.717, 1.165) is 17.4 Å². The van der Waals surface area contributed by atoms with E-state index in [1.807, 2.05) is 12.3 Å². The molecule has 31 heavy (non-hydrogen) atoms. The van der Waals surface area contributed by atoms with Gasteiger partial charge in [0.05, 0.1) is 17.8 Å². The fourth-order valence-electron chi connectivity index (χ4n) is 4.75. The van der Waals surface area contributed by atoms with Crippen molar-refractivity contribution in [3.05, 3.63) is 82.4 Å². The van der Waals surface area contributed by atoms with Crippen LogP contribution in [0.5, 0.6) is 0 Å². The van der Waals surface area contributed by atoms with Gasteiger partial charge in [0.1, 0.15) is 0 Å². The van der Waals surface area contributed by atoms with Crippen LogP contribution in [0.15, 0.2) is 48.7 Å². The minimum absolute atomic E-state index is 0.0278. The van der Waals surface area contributed by atoms with Crippen LogP contribution in [0.2, 0.25) is 0 Å². The van der Waals surface area contributed by atoms with Gasteiger partial charge in [-0.3, -0.25) is 4.98 Å². The van der Waals surface area contributed by atoms with Gasteiger partial charge in [-0.05, 0) is 86.8 Å². The second kappa shape index (κ2) is 8.46. The summed E-state index contributed by atoms with van der Waals surface area (Å²) in [5, 5.41) is 4.39. The van der Waals surface area contributed by atoms with Gasteiger partial charge in [0, 0.05) is 29.8 Å². The Labute approximate surface area is 191 Å². The van der Waals surface area contributed by atoms with Crippen LogP contribution in [0.25, 0.3) is 5.69 Å². The highest BCUT2D eigenvalue weighted by Crippen LogP contribution is 2.41. The molecule has 3 aromatic rings. The lowest BCUT2D eigenvalue weighted by atomic mass is 9.96. The Hall–Kier alpha value is -2.66. The largest absolute Gasteiger partial charge is 0.352 e. The van der Waals surface area contributed by atoms with Crippen molar-refractivity contribution < 1.29 is 0 Å². The zero-order chi connectivity index (χ0) is 22.3. The monoisotopic (exact) mass is 432 g/mol. The van der Waals surface area contributed by atoms with Crippen molar-refractivity contribution in [1.82, 2.24) is 19.8 Å². The maximum atomic E-state index is 5.81. The molecule has 0 radical (unpaired) electrons. The Balaban J connectivity index is 1.86. The van der Waals surface area contributed by atoms with E-state index in [-0.39, 0.29) is 12.1 Å². The Morgan fingerprint density at radius 3 is 2.52 bits per heavy atom. The van der Waals surface area contributed by atoms with Crippen molar-refractivity contribution in [2.75, 3.05) is 6.54 Å². The highest BCUT2D eigenvalue weighted by Gasteiger charge is 2.41. The van der Waals surface area contributed by atoms with Gasteiger partial charge in [-0.1, -0.05) is 32.0 Å². The maximum absolute atomic E-state index is 5.81. The average molecular weight is 433 g/mol. The lowest BCUT2D eigenvalue weighted by Crippen LogP contribution is -2.33. The summed E-state index contributed by atoms with van der Waals surface area (Å²) < 4.78 is 2.39. The number of pyridine rings is 1. The summed E-state index contributed by atoms with van der Waals surface area (Å²) in [7, 11) is 0. The van der Waals surface area contributed by atoms with E-state index in [2.05, 4.69) is 97.7 Å². The number of thiocarbonyl (C=S) groups is 1. The molecule has 1 aliphatic rings. The van der Waals surface area contributed by atoms with Crippen LogP contribution in [0, 0.1) is 33.6 Å². The molecule has 2 aromatic heterocycles. The van der Waals surface area contributed by atoms with Crippen LogP contribution in [-0.2, 0) is 0 Å². The third-order valence-corrected chi connectivity index (χ3v) is 6.51. The van der Waals surface area contributed by atoms with E-state index >= 15 is 0 Å². The van der Waals surface area contributed by atoms with Crippen molar-refractivity contribution in [3.8, 4) is 5.69 Å². The molecule has 1 N–H and O–H groups in total. The number of benzene rings is 1. The molecule has 0 saturated carbocycles. The molecule has 3 heterocycles. The summed E-state index contributed by atoms with van der Waals surface area (Å²) in [4.78, 5) is 7.03. The Kier molecular flexibility index (Phi) is 5.89. The molecular formula is C26H32N4S. The second-order valence-electron chi connectivity index (χ2n) is 9.12. The summed E-state index contributed by atoms with van der Waals surface area (Å²) in [5.74, 6) is 0.507. The number of hydrogen-bond acceptors (Lipinski definition) is 2. The highest BCUT2D eigenvalue weighted by molar-refractivity contribution is 7.80. The van der Waals surface area contributed by atoms with E-state index in [1.165, 1.54) is 33.8 Å². The standard InChI is InChI=1S/C26H32N4S/c1-16(2)15-29-25(24(28-26(29)31)22-9-7-8-12-27-22)21-14-19(5)30(20(21)6)23-13-17(3)10-11-18(23)4/h7-14,16,24-25H,15H2,1-6H3,(H,28,31)/t24-,25-/m1/s1. The molecule has 0 unspecified atom stereocenters. The van der Waals surface area contributed by atoms with Crippen molar-refractivity contribution in [1.29, 1.82) is 0 Å².